The van der Waals surface area contributed by atoms with Crippen LogP contribution in [0.1, 0.15) is 28.1 Å². The molecular formula is C25H28N4O2S. The molecule has 1 N–H and O–H groups in total. The molecular weight excluding hydrogens is 420 g/mol. The van der Waals surface area contributed by atoms with Crippen LogP contribution in [0.2, 0.25) is 0 Å². The number of carbonyl (C=O) groups is 1. The number of thiazole rings is 1. The number of aryl methyl sites for hydroxylation is 1. The van der Waals surface area contributed by atoms with Crippen LogP contribution in [0.25, 0.3) is 6.08 Å². The minimum atomic E-state index is 0.00638. The number of hydrogen-bond acceptors (Lipinski definition) is 6. The predicted molar refractivity (Wildman–Crippen MR) is 129 cm³/mol. The SMILES string of the molecule is COc1ccc(CCC(=O)Nc2nc3c(s2)CCN(CC=Cc2cccnc2)CC3)cc1. The Morgan fingerprint density at radius 2 is 2.06 bits per heavy atom. The fourth-order valence-corrected chi connectivity index (χ4v) is 4.70. The van der Waals surface area contributed by atoms with Gasteiger partial charge in [-0.1, -0.05) is 30.4 Å². The van der Waals surface area contributed by atoms with Crippen molar-refractivity contribution in [2.45, 2.75) is 25.7 Å². The highest BCUT2D eigenvalue weighted by Crippen LogP contribution is 2.26. The molecule has 0 fully saturated rings. The second-order valence-corrected chi connectivity index (χ2v) is 8.86. The first-order valence-electron chi connectivity index (χ1n) is 10.9. The summed E-state index contributed by atoms with van der Waals surface area (Å²) in [4.78, 5) is 25.0. The summed E-state index contributed by atoms with van der Waals surface area (Å²) in [6, 6.07) is 11.8. The summed E-state index contributed by atoms with van der Waals surface area (Å²) in [6.45, 7) is 2.88. The summed E-state index contributed by atoms with van der Waals surface area (Å²) < 4.78 is 5.17. The smallest absolute Gasteiger partial charge is 0.226 e. The van der Waals surface area contributed by atoms with Crippen molar-refractivity contribution < 1.29 is 9.53 Å². The van der Waals surface area contributed by atoms with Gasteiger partial charge in [0.2, 0.25) is 5.91 Å². The first-order chi connectivity index (χ1) is 15.7. The summed E-state index contributed by atoms with van der Waals surface area (Å²) >= 11 is 1.61. The highest BCUT2D eigenvalue weighted by atomic mass is 32.1. The van der Waals surface area contributed by atoms with Crippen LogP contribution in [0.5, 0.6) is 5.75 Å². The van der Waals surface area contributed by atoms with Gasteiger partial charge in [-0.05, 0) is 42.2 Å². The Hall–Kier alpha value is -3.03. The summed E-state index contributed by atoms with van der Waals surface area (Å²) in [6.07, 6.45) is 11.0. The third-order valence-corrected chi connectivity index (χ3v) is 6.58. The Morgan fingerprint density at radius 3 is 2.84 bits per heavy atom. The van der Waals surface area contributed by atoms with Gasteiger partial charge in [0.1, 0.15) is 5.75 Å². The first-order valence-corrected chi connectivity index (χ1v) is 11.7. The molecule has 166 valence electrons. The maximum Gasteiger partial charge on any atom is 0.226 e. The van der Waals surface area contributed by atoms with Crippen LogP contribution in [0, 0.1) is 0 Å². The van der Waals surface area contributed by atoms with E-state index in [2.05, 4.69) is 33.4 Å². The van der Waals surface area contributed by atoms with Crippen molar-refractivity contribution >= 4 is 28.5 Å². The van der Waals surface area contributed by atoms with Crippen LogP contribution < -0.4 is 10.1 Å². The third kappa shape index (κ3) is 6.24. The molecule has 32 heavy (non-hydrogen) atoms. The summed E-state index contributed by atoms with van der Waals surface area (Å²) in [5.74, 6) is 0.831. The zero-order valence-electron chi connectivity index (χ0n) is 18.3. The second-order valence-electron chi connectivity index (χ2n) is 7.77. The molecule has 0 aliphatic carbocycles. The Morgan fingerprint density at radius 1 is 1.22 bits per heavy atom. The maximum absolute atomic E-state index is 12.4. The molecule has 0 saturated carbocycles. The number of pyridine rings is 1. The van der Waals surface area contributed by atoms with Crippen molar-refractivity contribution in [1.82, 2.24) is 14.9 Å². The van der Waals surface area contributed by atoms with E-state index in [-0.39, 0.29) is 5.91 Å². The van der Waals surface area contributed by atoms with Crippen LogP contribution in [-0.4, -0.2) is 47.5 Å². The van der Waals surface area contributed by atoms with Gasteiger partial charge < -0.3 is 10.1 Å². The second kappa shape index (κ2) is 11.0. The number of fused-ring (bicyclic) bond motifs is 1. The van der Waals surface area contributed by atoms with Crippen molar-refractivity contribution in [3.63, 3.8) is 0 Å². The molecule has 3 heterocycles. The topological polar surface area (TPSA) is 67.3 Å². The molecule has 0 radical (unpaired) electrons. The third-order valence-electron chi connectivity index (χ3n) is 5.50. The molecule has 0 atom stereocenters. The van der Waals surface area contributed by atoms with E-state index in [1.165, 1.54) is 4.88 Å². The fraction of sp³-hybridized carbons (Fsp3) is 0.320. The van der Waals surface area contributed by atoms with Crippen LogP contribution >= 0.6 is 11.3 Å². The van der Waals surface area contributed by atoms with Crippen molar-refractivity contribution in [2.24, 2.45) is 0 Å². The Labute approximate surface area is 193 Å². The van der Waals surface area contributed by atoms with E-state index >= 15 is 0 Å². The van der Waals surface area contributed by atoms with Gasteiger partial charge in [0.15, 0.2) is 5.13 Å². The lowest BCUT2D eigenvalue weighted by Gasteiger charge is -2.17. The minimum absolute atomic E-state index is 0.00638. The first kappa shape index (κ1) is 22.2. The fourth-order valence-electron chi connectivity index (χ4n) is 3.69. The molecule has 1 aliphatic rings. The summed E-state index contributed by atoms with van der Waals surface area (Å²) in [7, 11) is 1.65. The van der Waals surface area contributed by atoms with Crippen LogP contribution in [-0.2, 0) is 24.1 Å². The predicted octanol–water partition coefficient (Wildman–Crippen LogP) is 4.23. The van der Waals surface area contributed by atoms with E-state index in [0.29, 0.717) is 12.8 Å². The number of anilines is 1. The summed E-state index contributed by atoms with van der Waals surface area (Å²) in [5, 5.41) is 3.71. The number of benzene rings is 1. The number of methoxy groups -OCH3 is 1. The molecule has 4 rings (SSSR count). The molecule has 3 aromatic rings. The molecule has 0 bridgehead atoms. The molecule has 7 heteroatoms. The van der Waals surface area contributed by atoms with Crippen LogP contribution in [0.15, 0.2) is 54.9 Å². The number of carbonyl (C=O) groups excluding carboxylic acids is 1. The van der Waals surface area contributed by atoms with Crippen molar-refractivity contribution in [1.29, 1.82) is 0 Å². The molecule has 1 aromatic carbocycles. The zero-order valence-corrected chi connectivity index (χ0v) is 19.1. The Balaban J connectivity index is 1.24. The van der Waals surface area contributed by atoms with Gasteiger partial charge in [-0.15, -0.1) is 11.3 Å². The van der Waals surface area contributed by atoms with E-state index in [4.69, 9.17) is 9.72 Å². The number of nitrogens with one attached hydrogen (secondary N) is 1. The average Bonchev–Trinajstić information content (AvgIpc) is 3.11. The molecule has 0 saturated heterocycles. The lowest BCUT2D eigenvalue weighted by Crippen LogP contribution is -2.26. The average molecular weight is 449 g/mol. The quantitative estimate of drug-likeness (QED) is 0.559. The van der Waals surface area contributed by atoms with Gasteiger partial charge >= 0.3 is 0 Å². The number of rotatable bonds is 8. The normalized spacial score (nSPS) is 14.2. The van der Waals surface area contributed by atoms with Gasteiger partial charge in [0, 0.05) is 49.7 Å². The number of amides is 1. The highest BCUT2D eigenvalue weighted by Gasteiger charge is 2.18. The Bertz CT molecular complexity index is 1020. The minimum Gasteiger partial charge on any atom is -0.497 e. The number of nitrogens with zero attached hydrogens (tertiary/aromatic N) is 3. The van der Waals surface area contributed by atoms with E-state index < -0.39 is 0 Å². The van der Waals surface area contributed by atoms with Gasteiger partial charge in [-0.2, -0.15) is 0 Å². The van der Waals surface area contributed by atoms with Crippen LogP contribution in [0.4, 0.5) is 5.13 Å². The van der Waals surface area contributed by atoms with Crippen molar-refractivity contribution in [3.8, 4) is 5.75 Å². The summed E-state index contributed by atoms with van der Waals surface area (Å²) in [5.41, 5.74) is 3.36. The van der Waals surface area contributed by atoms with E-state index in [1.54, 1.807) is 24.6 Å². The lowest BCUT2D eigenvalue weighted by atomic mass is 10.1. The van der Waals surface area contributed by atoms with Crippen LogP contribution in [0.3, 0.4) is 0 Å². The van der Waals surface area contributed by atoms with Gasteiger partial charge in [-0.3, -0.25) is 14.7 Å². The molecule has 2 aromatic heterocycles. The molecule has 1 amide bonds. The van der Waals surface area contributed by atoms with Gasteiger partial charge in [-0.25, -0.2) is 4.98 Å². The molecule has 6 nitrogen and oxygen atoms in total. The molecule has 0 spiro atoms. The Kier molecular flexibility index (Phi) is 7.64. The number of aromatic nitrogens is 2. The van der Waals surface area contributed by atoms with E-state index in [9.17, 15) is 4.79 Å². The standard InChI is InChI=1S/C25H28N4O2S/c1-31-21-9-6-19(7-10-21)8-11-24(30)28-25-27-22-12-16-29(17-13-23(22)32-25)15-3-5-20-4-2-14-26-18-20/h2-7,9-10,14,18H,8,11-13,15-17H2,1H3,(H,27,28,30). The lowest BCUT2D eigenvalue weighted by molar-refractivity contribution is -0.116. The van der Waals surface area contributed by atoms with E-state index in [0.717, 1.165) is 60.2 Å². The van der Waals surface area contributed by atoms with Crippen molar-refractivity contribution in [3.05, 3.63) is 76.6 Å². The van der Waals surface area contributed by atoms with Gasteiger partial charge in [0.05, 0.1) is 12.8 Å². The monoisotopic (exact) mass is 448 g/mol. The zero-order chi connectivity index (χ0) is 22.2. The van der Waals surface area contributed by atoms with Crippen molar-refractivity contribution in [2.75, 3.05) is 32.1 Å². The van der Waals surface area contributed by atoms with E-state index in [1.807, 2.05) is 36.5 Å². The number of ether oxygens (including phenoxy) is 1. The number of hydrogen-bond donors (Lipinski definition) is 1. The molecule has 0 unspecified atom stereocenters. The molecule has 1 aliphatic heterocycles. The van der Waals surface area contributed by atoms with Gasteiger partial charge in [0.25, 0.3) is 0 Å². The largest absolute Gasteiger partial charge is 0.497 e. The maximum atomic E-state index is 12.4. The highest BCUT2D eigenvalue weighted by molar-refractivity contribution is 7.15.